The summed E-state index contributed by atoms with van der Waals surface area (Å²) < 4.78 is 0. The lowest BCUT2D eigenvalue weighted by atomic mass is 9.74. The van der Waals surface area contributed by atoms with Gasteiger partial charge in [-0.15, -0.1) is 0 Å². The van der Waals surface area contributed by atoms with Crippen molar-refractivity contribution in [3.63, 3.8) is 0 Å². The Labute approximate surface area is 62.8 Å². The molecule has 0 amide bonds. The van der Waals surface area contributed by atoms with Crippen molar-refractivity contribution in [1.82, 2.24) is 4.90 Å². The van der Waals surface area contributed by atoms with E-state index in [2.05, 4.69) is 19.0 Å². The van der Waals surface area contributed by atoms with Crippen molar-refractivity contribution < 1.29 is 5.11 Å². The van der Waals surface area contributed by atoms with Crippen LogP contribution in [0.25, 0.3) is 0 Å². The van der Waals surface area contributed by atoms with Crippen molar-refractivity contribution >= 4 is 0 Å². The zero-order valence-corrected chi connectivity index (χ0v) is 6.88. The van der Waals surface area contributed by atoms with Crippen LogP contribution in [0.3, 0.4) is 0 Å². The lowest BCUT2D eigenvalue weighted by Gasteiger charge is -2.37. The SMILES string of the molecule is CN(C)C[C@H]1CC[C@H]1CO. The number of hydrogen-bond donors (Lipinski definition) is 1. The third kappa shape index (κ3) is 1.70. The van der Waals surface area contributed by atoms with Gasteiger partial charge in [0.1, 0.15) is 0 Å². The molecular weight excluding hydrogens is 126 g/mol. The molecule has 0 radical (unpaired) electrons. The molecule has 1 N–H and O–H groups in total. The van der Waals surface area contributed by atoms with Crippen LogP contribution in [0.15, 0.2) is 0 Å². The van der Waals surface area contributed by atoms with Gasteiger partial charge >= 0.3 is 0 Å². The van der Waals surface area contributed by atoms with Crippen LogP contribution < -0.4 is 0 Å². The molecule has 0 aromatic heterocycles. The maximum absolute atomic E-state index is 8.85. The molecule has 60 valence electrons. The molecule has 0 aliphatic heterocycles. The Balaban J connectivity index is 2.16. The predicted octanol–water partition coefficient (Wildman–Crippen LogP) is 0.567. The van der Waals surface area contributed by atoms with E-state index in [0.717, 1.165) is 12.5 Å². The number of aliphatic hydroxyl groups excluding tert-OH is 1. The van der Waals surface area contributed by atoms with E-state index < -0.39 is 0 Å². The average Bonchev–Trinajstić information content (AvgIpc) is 1.82. The van der Waals surface area contributed by atoms with Gasteiger partial charge in [-0.1, -0.05) is 0 Å². The number of rotatable bonds is 3. The van der Waals surface area contributed by atoms with Crippen molar-refractivity contribution in [3.8, 4) is 0 Å². The first kappa shape index (κ1) is 8.02. The monoisotopic (exact) mass is 143 g/mol. The molecule has 2 heteroatoms. The number of aliphatic hydroxyl groups is 1. The van der Waals surface area contributed by atoms with Crippen molar-refractivity contribution in [2.75, 3.05) is 27.2 Å². The summed E-state index contributed by atoms with van der Waals surface area (Å²) in [7, 11) is 4.18. The Morgan fingerprint density at radius 2 is 1.90 bits per heavy atom. The van der Waals surface area contributed by atoms with Crippen LogP contribution in [0.1, 0.15) is 12.8 Å². The quantitative estimate of drug-likeness (QED) is 0.624. The summed E-state index contributed by atoms with van der Waals surface area (Å²) in [6, 6.07) is 0. The van der Waals surface area contributed by atoms with E-state index >= 15 is 0 Å². The molecule has 10 heavy (non-hydrogen) atoms. The minimum Gasteiger partial charge on any atom is -0.396 e. The summed E-state index contributed by atoms with van der Waals surface area (Å²) in [6.45, 7) is 1.53. The fourth-order valence-electron chi connectivity index (χ4n) is 1.59. The Kier molecular flexibility index (Phi) is 2.69. The van der Waals surface area contributed by atoms with E-state index in [1.165, 1.54) is 12.8 Å². The van der Waals surface area contributed by atoms with Gasteiger partial charge in [0.25, 0.3) is 0 Å². The third-order valence-corrected chi connectivity index (χ3v) is 2.41. The molecule has 1 saturated carbocycles. The largest absolute Gasteiger partial charge is 0.396 e. The lowest BCUT2D eigenvalue weighted by Crippen LogP contribution is -2.36. The second-order valence-electron chi connectivity index (χ2n) is 3.54. The molecule has 0 aromatic carbocycles. The average molecular weight is 143 g/mol. The van der Waals surface area contributed by atoms with E-state index in [9.17, 15) is 0 Å². The first-order chi connectivity index (χ1) is 4.74. The molecule has 0 saturated heterocycles. The van der Waals surface area contributed by atoms with Crippen LogP contribution in [-0.2, 0) is 0 Å². The van der Waals surface area contributed by atoms with E-state index in [0.29, 0.717) is 12.5 Å². The predicted molar refractivity (Wildman–Crippen MR) is 41.9 cm³/mol. The minimum absolute atomic E-state index is 0.387. The fourth-order valence-corrected chi connectivity index (χ4v) is 1.59. The summed E-state index contributed by atoms with van der Waals surface area (Å²) in [5.74, 6) is 1.36. The summed E-state index contributed by atoms with van der Waals surface area (Å²) in [5, 5.41) is 8.85. The molecule has 0 heterocycles. The zero-order chi connectivity index (χ0) is 7.56. The van der Waals surface area contributed by atoms with E-state index in [1.54, 1.807) is 0 Å². The first-order valence-corrected chi connectivity index (χ1v) is 3.99. The molecule has 1 rings (SSSR count). The van der Waals surface area contributed by atoms with Gasteiger partial charge in [-0.25, -0.2) is 0 Å². The van der Waals surface area contributed by atoms with Gasteiger partial charge in [0, 0.05) is 13.2 Å². The van der Waals surface area contributed by atoms with Gasteiger partial charge in [-0.3, -0.25) is 0 Å². The highest BCUT2D eigenvalue weighted by atomic mass is 16.3. The molecule has 0 unspecified atom stereocenters. The van der Waals surface area contributed by atoms with Crippen molar-refractivity contribution in [3.05, 3.63) is 0 Å². The molecule has 2 nitrogen and oxygen atoms in total. The van der Waals surface area contributed by atoms with Crippen LogP contribution in [-0.4, -0.2) is 37.3 Å². The van der Waals surface area contributed by atoms with Gasteiger partial charge in [0.2, 0.25) is 0 Å². The Morgan fingerprint density at radius 3 is 2.20 bits per heavy atom. The second-order valence-corrected chi connectivity index (χ2v) is 3.54. The first-order valence-electron chi connectivity index (χ1n) is 3.99. The molecule has 1 fully saturated rings. The summed E-state index contributed by atoms with van der Waals surface area (Å²) in [6.07, 6.45) is 2.54. The van der Waals surface area contributed by atoms with Gasteiger partial charge in [-0.2, -0.15) is 0 Å². The summed E-state index contributed by atoms with van der Waals surface area (Å²) in [4.78, 5) is 2.20. The van der Waals surface area contributed by atoms with Crippen LogP contribution in [0.2, 0.25) is 0 Å². The zero-order valence-electron chi connectivity index (χ0n) is 6.88. The van der Waals surface area contributed by atoms with Gasteiger partial charge in [-0.05, 0) is 38.8 Å². The Bertz CT molecular complexity index is 101. The molecule has 0 spiro atoms. The van der Waals surface area contributed by atoms with Gasteiger partial charge in [0.15, 0.2) is 0 Å². The number of nitrogens with zero attached hydrogens (tertiary/aromatic N) is 1. The minimum atomic E-state index is 0.387. The molecule has 0 bridgehead atoms. The smallest absolute Gasteiger partial charge is 0.0462 e. The molecule has 1 aliphatic carbocycles. The molecular formula is C8H17NO. The lowest BCUT2D eigenvalue weighted by molar-refractivity contribution is 0.0716. The van der Waals surface area contributed by atoms with Crippen LogP contribution in [0.5, 0.6) is 0 Å². The van der Waals surface area contributed by atoms with Crippen LogP contribution >= 0.6 is 0 Å². The maximum atomic E-state index is 8.85. The Morgan fingerprint density at radius 1 is 1.30 bits per heavy atom. The summed E-state index contributed by atoms with van der Waals surface area (Å²) >= 11 is 0. The highest BCUT2D eigenvalue weighted by molar-refractivity contribution is 4.81. The van der Waals surface area contributed by atoms with Crippen molar-refractivity contribution in [2.45, 2.75) is 12.8 Å². The molecule has 2 atom stereocenters. The highest BCUT2D eigenvalue weighted by Crippen LogP contribution is 2.33. The van der Waals surface area contributed by atoms with Gasteiger partial charge in [0.05, 0.1) is 0 Å². The second kappa shape index (κ2) is 3.35. The van der Waals surface area contributed by atoms with E-state index in [-0.39, 0.29) is 0 Å². The van der Waals surface area contributed by atoms with Crippen LogP contribution in [0.4, 0.5) is 0 Å². The normalized spacial score (nSPS) is 32.4. The fraction of sp³-hybridized carbons (Fsp3) is 1.00. The third-order valence-electron chi connectivity index (χ3n) is 2.41. The van der Waals surface area contributed by atoms with Gasteiger partial charge < -0.3 is 10.0 Å². The Hall–Kier alpha value is -0.0800. The number of hydrogen-bond acceptors (Lipinski definition) is 2. The van der Waals surface area contributed by atoms with Crippen molar-refractivity contribution in [2.24, 2.45) is 11.8 Å². The topological polar surface area (TPSA) is 23.5 Å². The van der Waals surface area contributed by atoms with Crippen molar-refractivity contribution in [1.29, 1.82) is 0 Å². The summed E-state index contributed by atoms with van der Waals surface area (Å²) in [5.41, 5.74) is 0. The van der Waals surface area contributed by atoms with Crippen LogP contribution in [0, 0.1) is 11.8 Å². The standard InChI is InChI=1S/C8H17NO/c1-9(2)5-7-3-4-8(7)6-10/h7-8,10H,3-6H2,1-2H3/t7-,8+/m1/s1. The molecule has 1 aliphatic rings. The van der Waals surface area contributed by atoms with E-state index in [1.807, 2.05) is 0 Å². The molecule has 0 aromatic rings. The van der Waals surface area contributed by atoms with E-state index in [4.69, 9.17) is 5.11 Å². The highest BCUT2D eigenvalue weighted by Gasteiger charge is 2.29. The maximum Gasteiger partial charge on any atom is 0.0462 e.